The van der Waals surface area contributed by atoms with Crippen LogP contribution in [0.5, 0.6) is 0 Å². The summed E-state index contributed by atoms with van der Waals surface area (Å²) in [5.41, 5.74) is 2.42. The van der Waals surface area contributed by atoms with Crippen molar-refractivity contribution in [2.45, 2.75) is 18.2 Å². The van der Waals surface area contributed by atoms with Crippen LogP contribution in [-0.4, -0.2) is 43.2 Å². The zero-order chi connectivity index (χ0) is 23.6. The van der Waals surface area contributed by atoms with Crippen molar-refractivity contribution in [3.05, 3.63) is 76.8 Å². The van der Waals surface area contributed by atoms with Crippen molar-refractivity contribution in [2.24, 2.45) is 0 Å². The standard InChI is InChI=1S/C23H22Cl2N4O3S/c1-16-4-6-17(7-5-16)33(30,31)32-13-3-11-28(2)21-14-20(29-12-10-26-15-29)18-8-9-19(24)22(25)23(18)27-21/h4-10,12,14-15H,3,11,13H2,1-2H3. The maximum absolute atomic E-state index is 12.4. The fourth-order valence-corrected chi connectivity index (χ4v) is 4.67. The molecule has 0 saturated carbocycles. The Kier molecular flexibility index (Phi) is 6.90. The first kappa shape index (κ1) is 23.5. The summed E-state index contributed by atoms with van der Waals surface area (Å²) in [6.07, 6.45) is 5.71. The monoisotopic (exact) mass is 504 g/mol. The Balaban J connectivity index is 1.51. The van der Waals surface area contributed by atoms with Gasteiger partial charge in [-0.05, 0) is 37.6 Å². The lowest BCUT2D eigenvalue weighted by Crippen LogP contribution is -2.22. The Labute approximate surface area is 202 Å². The van der Waals surface area contributed by atoms with Gasteiger partial charge in [0.15, 0.2) is 0 Å². The second-order valence-electron chi connectivity index (χ2n) is 7.59. The van der Waals surface area contributed by atoms with Crippen LogP contribution in [0.2, 0.25) is 10.0 Å². The predicted molar refractivity (Wildman–Crippen MR) is 131 cm³/mol. The number of hydrogen-bond donors (Lipinski definition) is 0. The van der Waals surface area contributed by atoms with Gasteiger partial charge in [-0.3, -0.25) is 4.18 Å². The number of aryl methyl sites for hydroxylation is 1. The van der Waals surface area contributed by atoms with Crippen molar-refractivity contribution in [3.63, 3.8) is 0 Å². The third-order valence-electron chi connectivity index (χ3n) is 5.20. The van der Waals surface area contributed by atoms with E-state index in [1.807, 2.05) is 41.8 Å². The van der Waals surface area contributed by atoms with Gasteiger partial charge in [0.1, 0.15) is 5.82 Å². The van der Waals surface area contributed by atoms with Crippen molar-refractivity contribution in [1.29, 1.82) is 0 Å². The molecule has 0 atom stereocenters. The second-order valence-corrected chi connectivity index (χ2v) is 9.99. The molecule has 0 amide bonds. The number of hydrogen-bond acceptors (Lipinski definition) is 6. The van der Waals surface area contributed by atoms with Gasteiger partial charge in [-0.1, -0.05) is 40.9 Å². The van der Waals surface area contributed by atoms with Gasteiger partial charge in [0.25, 0.3) is 10.1 Å². The second kappa shape index (κ2) is 9.69. The number of halogens is 2. The molecule has 0 aliphatic heterocycles. The summed E-state index contributed by atoms with van der Waals surface area (Å²) in [4.78, 5) is 10.9. The van der Waals surface area contributed by atoms with Crippen LogP contribution in [0.25, 0.3) is 16.6 Å². The summed E-state index contributed by atoms with van der Waals surface area (Å²) in [7, 11) is -1.92. The van der Waals surface area contributed by atoms with E-state index < -0.39 is 10.1 Å². The van der Waals surface area contributed by atoms with Gasteiger partial charge in [0.05, 0.1) is 39.1 Å². The lowest BCUT2D eigenvalue weighted by Gasteiger charge is -2.20. The molecule has 0 unspecified atom stereocenters. The van der Waals surface area contributed by atoms with Crippen molar-refractivity contribution < 1.29 is 12.6 Å². The highest BCUT2D eigenvalue weighted by atomic mass is 35.5. The SMILES string of the molecule is Cc1ccc(S(=O)(=O)OCCCN(C)c2cc(-n3ccnc3)c3ccc(Cl)c(Cl)c3n2)cc1. The van der Waals surface area contributed by atoms with Crippen molar-refractivity contribution >= 4 is 50.0 Å². The summed E-state index contributed by atoms with van der Waals surface area (Å²) in [5.74, 6) is 0.664. The fourth-order valence-electron chi connectivity index (χ4n) is 3.37. The van der Waals surface area contributed by atoms with Gasteiger partial charge in [0.2, 0.25) is 0 Å². The summed E-state index contributed by atoms with van der Waals surface area (Å²) >= 11 is 12.7. The van der Waals surface area contributed by atoms with Crippen LogP contribution in [0.4, 0.5) is 5.82 Å². The number of anilines is 1. The smallest absolute Gasteiger partial charge is 0.296 e. The number of fused-ring (bicyclic) bond motifs is 1. The molecule has 172 valence electrons. The largest absolute Gasteiger partial charge is 0.360 e. The van der Waals surface area contributed by atoms with E-state index in [9.17, 15) is 8.42 Å². The van der Waals surface area contributed by atoms with Crippen LogP contribution in [-0.2, 0) is 14.3 Å². The molecule has 33 heavy (non-hydrogen) atoms. The van der Waals surface area contributed by atoms with Crippen LogP contribution < -0.4 is 4.90 Å². The molecule has 0 aliphatic carbocycles. The van der Waals surface area contributed by atoms with Gasteiger partial charge in [-0.15, -0.1) is 0 Å². The van der Waals surface area contributed by atoms with Crippen LogP contribution in [0, 0.1) is 6.92 Å². The molecule has 0 spiro atoms. The third-order valence-corrected chi connectivity index (χ3v) is 7.32. The average Bonchev–Trinajstić information content (AvgIpc) is 3.33. The summed E-state index contributed by atoms with van der Waals surface area (Å²) in [6, 6.07) is 12.1. The third kappa shape index (κ3) is 5.14. The van der Waals surface area contributed by atoms with E-state index in [1.54, 1.807) is 42.9 Å². The van der Waals surface area contributed by atoms with Crippen LogP contribution in [0.1, 0.15) is 12.0 Å². The number of aromatic nitrogens is 3. The highest BCUT2D eigenvalue weighted by Crippen LogP contribution is 2.34. The van der Waals surface area contributed by atoms with Gasteiger partial charge in [0, 0.05) is 37.4 Å². The maximum atomic E-state index is 12.4. The quantitative estimate of drug-likeness (QED) is 0.240. The van der Waals surface area contributed by atoms with Crippen molar-refractivity contribution in [2.75, 3.05) is 25.1 Å². The average molecular weight is 505 g/mol. The van der Waals surface area contributed by atoms with Crippen LogP contribution in [0.3, 0.4) is 0 Å². The highest BCUT2D eigenvalue weighted by molar-refractivity contribution is 7.86. The normalized spacial score (nSPS) is 11.8. The number of pyridine rings is 1. The van der Waals surface area contributed by atoms with Gasteiger partial charge >= 0.3 is 0 Å². The summed E-state index contributed by atoms with van der Waals surface area (Å²) < 4.78 is 31.8. The Hall–Kier alpha value is -2.65. The zero-order valence-corrected chi connectivity index (χ0v) is 20.4. The lowest BCUT2D eigenvalue weighted by atomic mass is 10.1. The Bertz CT molecular complexity index is 1380. The number of benzene rings is 2. The molecule has 0 aliphatic rings. The van der Waals surface area contributed by atoms with E-state index >= 15 is 0 Å². The molecule has 0 fully saturated rings. The number of rotatable bonds is 8. The molecule has 7 nitrogen and oxygen atoms in total. The first-order valence-electron chi connectivity index (χ1n) is 10.2. The molecule has 0 bridgehead atoms. The van der Waals surface area contributed by atoms with E-state index in [0.29, 0.717) is 34.3 Å². The molecule has 2 aromatic carbocycles. The van der Waals surface area contributed by atoms with Gasteiger partial charge < -0.3 is 9.47 Å². The maximum Gasteiger partial charge on any atom is 0.296 e. The number of imidazole rings is 1. The Morgan fingerprint density at radius 2 is 1.88 bits per heavy atom. The lowest BCUT2D eigenvalue weighted by molar-refractivity contribution is 0.313. The summed E-state index contributed by atoms with van der Waals surface area (Å²) in [5, 5.41) is 1.63. The minimum atomic E-state index is -3.79. The Morgan fingerprint density at radius 3 is 2.58 bits per heavy atom. The minimum absolute atomic E-state index is 0.0507. The van der Waals surface area contributed by atoms with E-state index in [0.717, 1.165) is 16.6 Å². The fraction of sp³-hybridized carbons (Fsp3) is 0.217. The Morgan fingerprint density at radius 1 is 1.12 bits per heavy atom. The van der Waals surface area contributed by atoms with Gasteiger partial charge in [-0.2, -0.15) is 8.42 Å². The molecule has 4 rings (SSSR count). The molecule has 2 heterocycles. The zero-order valence-electron chi connectivity index (χ0n) is 18.1. The molecule has 0 saturated heterocycles. The van der Waals surface area contributed by atoms with E-state index in [4.69, 9.17) is 32.4 Å². The highest BCUT2D eigenvalue weighted by Gasteiger charge is 2.16. The molecule has 0 radical (unpaired) electrons. The van der Waals surface area contributed by atoms with Crippen LogP contribution >= 0.6 is 23.2 Å². The first-order valence-corrected chi connectivity index (χ1v) is 12.4. The molecule has 4 aromatic rings. The molecular formula is C23H22Cl2N4O3S. The first-order chi connectivity index (χ1) is 15.8. The molecule has 2 aromatic heterocycles. The van der Waals surface area contributed by atoms with Crippen LogP contribution in [0.15, 0.2) is 66.1 Å². The molecule has 0 N–H and O–H groups in total. The van der Waals surface area contributed by atoms with E-state index in [-0.39, 0.29) is 11.5 Å². The molecule has 10 heteroatoms. The van der Waals surface area contributed by atoms with Crippen molar-refractivity contribution in [1.82, 2.24) is 14.5 Å². The van der Waals surface area contributed by atoms with E-state index in [1.165, 1.54) is 0 Å². The van der Waals surface area contributed by atoms with Crippen molar-refractivity contribution in [3.8, 4) is 5.69 Å². The number of nitrogens with zero attached hydrogens (tertiary/aromatic N) is 4. The van der Waals surface area contributed by atoms with Gasteiger partial charge in [-0.25, -0.2) is 9.97 Å². The van der Waals surface area contributed by atoms with E-state index in [2.05, 4.69) is 4.98 Å². The summed E-state index contributed by atoms with van der Waals surface area (Å²) in [6.45, 7) is 2.46. The molecular weight excluding hydrogens is 483 g/mol. The minimum Gasteiger partial charge on any atom is -0.360 e. The topological polar surface area (TPSA) is 77.3 Å². The predicted octanol–water partition coefficient (Wildman–Crippen LogP) is 5.27.